The molecule has 0 saturated carbocycles. The van der Waals surface area contributed by atoms with Gasteiger partial charge in [-0.25, -0.2) is 13.4 Å². The van der Waals surface area contributed by atoms with Gasteiger partial charge in [-0.15, -0.1) is 0 Å². The highest BCUT2D eigenvalue weighted by molar-refractivity contribution is 7.89. The smallest absolute Gasteiger partial charge is 0.311 e. The van der Waals surface area contributed by atoms with Crippen LogP contribution in [0.2, 0.25) is 0 Å². The van der Waals surface area contributed by atoms with E-state index in [4.69, 9.17) is 4.74 Å². The van der Waals surface area contributed by atoms with Crippen LogP contribution in [0.3, 0.4) is 0 Å². The van der Waals surface area contributed by atoms with E-state index in [1.807, 2.05) is 4.90 Å². The predicted molar refractivity (Wildman–Crippen MR) is 124 cm³/mol. The van der Waals surface area contributed by atoms with Crippen molar-refractivity contribution in [1.82, 2.24) is 14.2 Å². The number of benzene rings is 1. The van der Waals surface area contributed by atoms with Crippen molar-refractivity contribution >= 4 is 27.3 Å². The first-order chi connectivity index (χ1) is 15.9. The lowest BCUT2D eigenvalue weighted by atomic mass is 10.3. The Hall–Kier alpha value is -2.80. The van der Waals surface area contributed by atoms with Gasteiger partial charge >= 0.3 is 5.69 Å². The van der Waals surface area contributed by atoms with Gasteiger partial charge in [0, 0.05) is 58.4 Å². The third-order valence-corrected chi connectivity index (χ3v) is 7.74. The number of pyridine rings is 1. The minimum Gasteiger partial charge on any atom is -0.379 e. The number of aromatic nitrogens is 1. The normalized spacial score (nSPS) is 18.2. The number of nitrogens with zero attached hydrogens (tertiary/aromatic N) is 5. The monoisotopic (exact) mass is 476 g/mol. The molecule has 0 atom stereocenters. The average molecular weight is 477 g/mol. The molecule has 2 aromatic rings. The largest absolute Gasteiger partial charge is 0.379 e. The maximum absolute atomic E-state index is 12.8. The lowest BCUT2D eigenvalue weighted by Gasteiger charge is -2.34. The number of sulfonamides is 1. The van der Waals surface area contributed by atoms with Crippen molar-refractivity contribution in [2.45, 2.75) is 4.90 Å². The van der Waals surface area contributed by atoms with Crippen LogP contribution in [0.5, 0.6) is 0 Å². The lowest BCUT2D eigenvalue weighted by molar-refractivity contribution is -0.384. The molecule has 0 unspecified atom stereocenters. The SMILES string of the molecule is O=[N+]([O-])c1ccc(N2CCN(S(=O)(=O)c3ccccc3)CC2)nc1NCCN1CCOCC1. The number of hydrogen-bond acceptors (Lipinski definition) is 9. The van der Waals surface area contributed by atoms with Gasteiger partial charge in [0.15, 0.2) is 0 Å². The molecule has 1 aromatic heterocycles. The Morgan fingerprint density at radius 1 is 1.00 bits per heavy atom. The van der Waals surface area contributed by atoms with Crippen molar-refractivity contribution < 1.29 is 18.1 Å². The molecule has 11 nitrogen and oxygen atoms in total. The number of ether oxygens (including phenoxy) is 1. The van der Waals surface area contributed by atoms with Gasteiger partial charge < -0.3 is 15.0 Å². The molecule has 178 valence electrons. The molecule has 0 radical (unpaired) electrons. The molecular weight excluding hydrogens is 448 g/mol. The summed E-state index contributed by atoms with van der Waals surface area (Å²) >= 11 is 0. The van der Waals surface area contributed by atoms with E-state index in [0.29, 0.717) is 51.8 Å². The zero-order valence-corrected chi connectivity index (χ0v) is 19.1. The third kappa shape index (κ3) is 5.58. The first-order valence-electron chi connectivity index (χ1n) is 10.9. The molecule has 0 aliphatic carbocycles. The summed E-state index contributed by atoms with van der Waals surface area (Å²) in [6.45, 7) is 5.86. The van der Waals surface area contributed by atoms with Crippen LogP contribution in [0.1, 0.15) is 0 Å². The van der Waals surface area contributed by atoms with Crippen molar-refractivity contribution in [3.8, 4) is 0 Å². The Kier molecular flexibility index (Phi) is 7.38. The summed E-state index contributed by atoms with van der Waals surface area (Å²) in [5.41, 5.74) is -0.0778. The molecule has 2 saturated heterocycles. The van der Waals surface area contributed by atoms with Crippen LogP contribution in [0.25, 0.3) is 0 Å². The molecule has 2 fully saturated rings. The first kappa shape index (κ1) is 23.4. The molecule has 2 aliphatic rings. The fourth-order valence-corrected chi connectivity index (χ4v) is 5.39. The van der Waals surface area contributed by atoms with E-state index in [1.54, 1.807) is 36.4 Å². The molecule has 3 heterocycles. The van der Waals surface area contributed by atoms with Crippen molar-refractivity contribution in [2.75, 3.05) is 75.8 Å². The quantitative estimate of drug-likeness (QED) is 0.443. The van der Waals surface area contributed by atoms with Crippen LogP contribution < -0.4 is 10.2 Å². The van der Waals surface area contributed by atoms with Gasteiger partial charge in [-0.3, -0.25) is 15.0 Å². The van der Waals surface area contributed by atoms with Crippen molar-refractivity contribution in [3.05, 3.63) is 52.6 Å². The molecule has 0 amide bonds. The summed E-state index contributed by atoms with van der Waals surface area (Å²) in [5, 5.41) is 14.6. The van der Waals surface area contributed by atoms with Gasteiger partial charge in [0.05, 0.1) is 23.0 Å². The van der Waals surface area contributed by atoms with Crippen molar-refractivity contribution in [1.29, 1.82) is 0 Å². The van der Waals surface area contributed by atoms with Gasteiger partial charge in [0.2, 0.25) is 15.8 Å². The Labute approximate surface area is 193 Å². The number of rotatable bonds is 8. The second-order valence-corrected chi connectivity index (χ2v) is 9.82. The van der Waals surface area contributed by atoms with E-state index in [1.165, 1.54) is 10.4 Å². The van der Waals surface area contributed by atoms with Gasteiger partial charge in [-0.1, -0.05) is 18.2 Å². The lowest BCUT2D eigenvalue weighted by Crippen LogP contribution is -2.48. The van der Waals surface area contributed by atoms with E-state index in [0.717, 1.165) is 19.6 Å². The van der Waals surface area contributed by atoms with Gasteiger partial charge in [-0.2, -0.15) is 4.31 Å². The average Bonchev–Trinajstić information content (AvgIpc) is 2.85. The van der Waals surface area contributed by atoms with Crippen molar-refractivity contribution in [3.63, 3.8) is 0 Å². The summed E-state index contributed by atoms with van der Waals surface area (Å²) < 4.78 is 32.5. The summed E-state index contributed by atoms with van der Waals surface area (Å²) in [6, 6.07) is 11.4. The highest BCUT2D eigenvalue weighted by atomic mass is 32.2. The molecule has 4 rings (SSSR count). The number of morpholine rings is 1. The highest BCUT2D eigenvalue weighted by Crippen LogP contribution is 2.27. The van der Waals surface area contributed by atoms with E-state index < -0.39 is 14.9 Å². The van der Waals surface area contributed by atoms with Crippen LogP contribution in [0.15, 0.2) is 47.4 Å². The molecule has 0 spiro atoms. The molecule has 12 heteroatoms. The Morgan fingerprint density at radius 2 is 1.70 bits per heavy atom. The fraction of sp³-hybridized carbons (Fsp3) is 0.476. The molecule has 1 aromatic carbocycles. The zero-order valence-electron chi connectivity index (χ0n) is 18.3. The number of nitrogens with one attached hydrogen (secondary N) is 1. The van der Waals surface area contributed by atoms with Gasteiger partial charge in [-0.05, 0) is 18.2 Å². The molecule has 2 aliphatic heterocycles. The van der Waals surface area contributed by atoms with Crippen LogP contribution in [0.4, 0.5) is 17.3 Å². The third-order valence-electron chi connectivity index (χ3n) is 5.82. The molecule has 33 heavy (non-hydrogen) atoms. The van der Waals surface area contributed by atoms with Crippen LogP contribution >= 0.6 is 0 Å². The summed E-state index contributed by atoms with van der Waals surface area (Å²) in [5.74, 6) is 0.816. The number of nitro groups is 1. The van der Waals surface area contributed by atoms with E-state index in [9.17, 15) is 18.5 Å². The molecule has 1 N–H and O–H groups in total. The minimum absolute atomic E-state index is 0.0778. The predicted octanol–water partition coefficient (Wildman–Crippen LogP) is 1.24. The van der Waals surface area contributed by atoms with E-state index in [-0.39, 0.29) is 16.4 Å². The number of piperazine rings is 1. The first-order valence-corrected chi connectivity index (χ1v) is 12.4. The van der Waals surface area contributed by atoms with Gasteiger partial charge in [0.1, 0.15) is 5.82 Å². The summed E-state index contributed by atoms with van der Waals surface area (Å²) in [6.07, 6.45) is 0. The highest BCUT2D eigenvalue weighted by Gasteiger charge is 2.29. The molecular formula is C21H28N6O5S. The fourth-order valence-electron chi connectivity index (χ4n) is 3.95. The van der Waals surface area contributed by atoms with E-state index >= 15 is 0 Å². The topological polar surface area (TPSA) is 121 Å². The Bertz CT molecular complexity index is 1050. The zero-order chi connectivity index (χ0) is 23.3. The maximum atomic E-state index is 12.8. The van der Waals surface area contributed by atoms with E-state index in [2.05, 4.69) is 15.2 Å². The van der Waals surface area contributed by atoms with Crippen molar-refractivity contribution in [2.24, 2.45) is 0 Å². The minimum atomic E-state index is -3.55. The Morgan fingerprint density at radius 3 is 2.36 bits per heavy atom. The second kappa shape index (κ2) is 10.4. The van der Waals surface area contributed by atoms with Crippen LogP contribution in [-0.4, -0.2) is 93.1 Å². The van der Waals surface area contributed by atoms with Crippen LogP contribution in [-0.2, 0) is 14.8 Å². The Balaban J connectivity index is 1.40. The number of anilines is 2. The molecule has 0 bridgehead atoms. The number of hydrogen-bond donors (Lipinski definition) is 1. The second-order valence-electron chi connectivity index (χ2n) is 7.88. The van der Waals surface area contributed by atoms with Gasteiger partial charge in [0.25, 0.3) is 0 Å². The van der Waals surface area contributed by atoms with Crippen LogP contribution in [0, 0.1) is 10.1 Å². The standard InChI is InChI=1S/C21H28N6O5S/c28-27(29)19-6-7-20(23-21(19)22-8-9-24-14-16-32-17-15-24)25-10-12-26(13-11-25)33(30,31)18-4-2-1-3-5-18/h1-7H,8-17H2,(H,22,23). The summed E-state index contributed by atoms with van der Waals surface area (Å²) in [4.78, 5) is 20.0. The maximum Gasteiger partial charge on any atom is 0.311 e. The summed E-state index contributed by atoms with van der Waals surface area (Å²) in [7, 11) is -3.55.